The molecular formula is C18H10ClF3N4O. The summed E-state index contributed by atoms with van der Waals surface area (Å²) < 4.78 is 43.1. The van der Waals surface area contributed by atoms with Crippen LogP contribution < -0.4 is 0 Å². The van der Waals surface area contributed by atoms with Gasteiger partial charge < -0.3 is 4.52 Å². The highest BCUT2D eigenvalue weighted by Gasteiger charge is 2.30. The number of hydrogen-bond acceptors (Lipinski definition) is 4. The van der Waals surface area contributed by atoms with Crippen molar-refractivity contribution in [1.29, 1.82) is 0 Å². The topological polar surface area (TPSA) is 67.6 Å². The van der Waals surface area contributed by atoms with Crippen molar-refractivity contribution in [2.75, 3.05) is 0 Å². The Morgan fingerprint density at radius 2 is 1.74 bits per heavy atom. The van der Waals surface area contributed by atoms with Crippen molar-refractivity contribution in [3.8, 4) is 34.2 Å². The Morgan fingerprint density at radius 3 is 2.44 bits per heavy atom. The number of alkyl halides is 3. The molecule has 0 radical (unpaired) electrons. The molecule has 0 spiro atoms. The molecule has 4 aromatic rings. The second kappa shape index (κ2) is 6.55. The van der Waals surface area contributed by atoms with Gasteiger partial charge in [0.2, 0.25) is 5.82 Å². The predicted molar refractivity (Wildman–Crippen MR) is 92.8 cm³/mol. The fourth-order valence-electron chi connectivity index (χ4n) is 2.49. The maximum atomic E-state index is 12.6. The Morgan fingerprint density at radius 1 is 0.963 bits per heavy atom. The third-order valence-corrected chi connectivity index (χ3v) is 4.06. The molecule has 0 fully saturated rings. The number of halogens is 4. The van der Waals surface area contributed by atoms with Crippen molar-refractivity contribution < 1.29 is 17.7 Å². The van der Waals surface area contributed by atoms with Gasteiger partial charge in [0.25, 0.3) is 5.89 Å². The molecule has 0 saturated heterocycles. The van der Waals surface area contributed by atoms with Crippen LogP contribution in [0.3, 0.4) is 0 Å². The first-order valence-corrected chi connectivity index (χ1v) is 8.11. The molecule has 2 heterocycles. The molecule has 1 N–H and O–H groups in total. The van der Waals surface area contributed by atoms with Crippen molar-refractivity contribution in [3.05, 3.63) is 65.2 Å². The summed E-state index contributed by atoms with van der Waals surface area (Å²) in [4.78, 5) is 4.21. The zero-order chi connectivity index (χ0) is 19.0. The zero-order valence-electron chi connectivity index (χ0n) is 13.5. The van der Waals surface area contributed by atoms with E-state index < -0.39 is 11.7 Å². The summed E-state index contributed by atoms with van der Waals surface area (Å²) in [6.07, 6.45) is -4.40. The Hall–Kier alpha value is -3.13. The third kappa shape index (κ3) is 3.56. The van der Waals surface area contributed by atoms with Crippen molar-refractivity contribution >= 4 is 11.6 Å². The lowest BCUT2D eigenvalue weighted by Gasteiger charge is -2.05. The first-order chi connectivity index (χ1) is 12.9. The van der Waals surface area contributed by atoms with Gasteiger partial charge in [0.15, 0.2) is 0 Å². The van der Waals surface area contributed by atoms with Crippen LogP contribution in [-0.4, -0.2) is 20.3 Å². The molecule has 4 rings (SSSR count). The monoisotopic (exact) mass is 390 g/mol. The Labute approximate surface area is 155 Å². The van der Waals surface area contributed by atoms with Gasteiger partial charge in [-0.1, -0.05) is 41.0 Å². The SMILES string of the molecule is FC(F)(F)c1ccc(-c2noc(-c3cc(-c4cccc(Cl)c4)n[nH]3)n2)cc1. The van der Waals surface area contributed by atoms with Crippen LogP contribution in [0.4, 0.5) is 13.2 Å². The molecule has 0 aliphatic carbocycles. The predicted octanol–water partition coefficient (Wildman–Crippen LogP) is 5.47. The number of benzene rings is 2. The number of aromatic nitrogens is 4. The molecular weight excluding hydrogens is 381 g/mol. The Kier molecular flexibility index (Phi) is 4.19. The van der Waals surface area contributed by atoms with E-state index in [2.05, 4.69) is 20.3 Å². The maximum Gasteiger partial charge on any atom is 0.416 e. The maximum absolute atomic E-state index is 12.6. The van der Waals surface area contributed by atoms with Gasteiger partial charge in [-0.05, 0) is 30.3 Å². The summed E-state index contributed by atoms with van der Waals surface area (Å²) >= 11 is 5.98. The second-order valence-corrected chi connectivity index (χ2v) is 6.11. The highest BCUT2D eigenvalue weighted by Crippen LogP contribution is 2.31. The molecule has 0 bridgehead atoms. The van der Waals surface area contributed by atoms with Crippen molar-refractivity contribution in [2.24, 2.45) is 0 Å². The molecule has 0 aliphatic heterocycles. The molecule has 0 aliphatic rings. The average molecular weight is 391 g/mol. The summed E-state index contributed by atoms with van der Waals surface area (Å²) in [5, 5.41) is 11.4. The number of nitrogens with zero attached hydrogens (tertiary/aromatic N) is 3. The molecule has 0 atom stereocenters. The van der Waals surface area contributed by atoms with Crippen molar-refractivity contribution in [3.63, 3.8) is 0 Å². The fourth-order valence-corrected chi connectivity index (χ4v) is 2.68. The van der Waals surface area contributed by atoms with Gasteiger partial charge in [-0.15, -0.1) is 0 Å². The highest BCUT2D eigenvalue weighted by atomic mass is 35.5. The van der Waals surface area contributed by atoms with Gasteiger partial charge in [-0.3, -0.25) is 5.10 Å². The zero-order valence-corrected chi connectivity index (χ0v) is 14.2. The van der Waals surface area contributed by atoms with Crippen molar-refractivity contribution in [2.45, 2.75) is 6.18 Å². The summed E-state index contributed by atoms with van der Waals surface area (Å²) in [6, 6.07) is 13.4. The largest absolute Gasteiger partial charge is 0.416 e. The van der Waals surface area contributed by atoms with Gasteiger partial charge in [0.1, 0.15) is 5.69 Å². The molecule has 0 saturated carbocycles. The molecule has 9 heteroatoms. The number of hydrogen-bond donors (Lipinski definition) is 1. The van der Waals surface area contributed by atoms with Crippen LogP contribution in [0.25, 0.3) is 34.2 Å². The molecule has 5 nitrogen and oxygen atoms in total. The van der Waals surface area contributed by atoms with E-state index in [0.717, 1.165) is 17.7 Å². The lowest BCUT2D eigenvalue weighted by atomic mass is 10.1. The Balaban J connectivity index is 1.60. The van der Waals surface area contributed by atoms with Gasteiger partial charge >= 0.3 is 6.18 Å². The molecule has 0 amide bonds. The van der Waals surface area contributed by atoms with E-state index in [1.54, 1.807) is 24.3 Å². The van der Waals surface area contributed by atoms with E-state index >= 15 is 0 Å². The first-order valence-electron chi connectivity index (χ1n) is 7.73. The summed E-state index contributed by atoms with van der Waals surface area (Å²) in [5.41, 5.74) is 1.60. The van der Waals surface area contributed by atoms with Crippen LogP contribution in [0.5, 0.6) is 0 Å². The van der Waals surface area contributed by atoms with Crippen LogP contribution in [0.2, 0.25) is 5.02 Å². The van der Waals surface area contributed by atoms with Crippen molar-refractivity contribution in [1.82, 2.24) is 20.3 Å². The quantitative estimate of drug-likeness (QED) is 0.504. The lowest BCUT2D eigenvalue weighted by molar-refractivity contribution is -0.137. The number of nitrogens with one attached hydrogen (secondary N) is 1. The minimum absolute atomic E-state index is 0.172. The molecule has 2 aromatic carbocycles. The molecule has 0 unspecified atom stereocenters. The van der Waals surface area contributed by atoms with Crippen LogP contribution in [0.1, 0.15) is 5.56 Å². The van der Waals surface area contributed by atoms with Crippen LogP contribution in [-0.2, 0) is 6.18 Å². The van der Waals surface area contributed by atoms with Gasteiger partial charge in [0, 0.05) is 16.1 Å². The minimum Gasteiger partial charge on any atom is -0.332 e. The normalized spacial score (nSPS) is 11.7. The summed E-state index contributed by atoms with van der Waals surface area (Å²) in [5.74, 6) is 0.350. The Bertz CT molecular complexity index is 1090. The van der Waals surface area contributed by atoms with E-state index in [9.17, 15) is 13.2 Å². The second-order valence-electron chi connectivity index (χ2n) is 5.68. The van der Waals surface area contributed by atoms with Crippen LogP contribution >= 0.6 is 11.6 Å². The number of rotatable bonds is 3. The van der Waals surface area contributed by atoms with Gasteiger partial charge in [0.05, 0.1) is 11.3 Å². The minimum atomic E-state index is -4.40. The average Bonchev–Trinajstić information content (AvgIpc) is 3.31. The first kappa shape index (κ1) is 17.3. The van der Waals surface area contributed by atoms with E-state index in [1.807, 2.05) is 6.07 Å². The summed E-state index contributed by atoms with van der Waals surface area (Å²) in [6.45, 7) is 0. The lowest BCUT2D eigenvalue weighted by Crippen LogP contribution is -2.04. The van der Waals surface area contributed by atoms with E-state index in [-0.39, 0.29) is 11.7 Å². The van der Waals surface area contributed by atoms with Crippen LogP contribution in [0.15, 0.2) is 59.1 Å². The smallest absolute Gasteiger partial charge is 0.332 e. The van der Waals surface area contributed by atoms with E-state index in [0.29, 0.717) is 22.0 Å². The number of aromatic amines is 1. The van der Waals surface area contributed by atoms with Crippen LogP contribution in [0, 0.1) is 0 Å². The molecule has 2 aromatic heterocycles. The molecule has 27 heavy (non-hydrogen) atoms. The molecule has 136 valence electrons. The fraction of sp³-hybridized carbons (Fsp3) is 0.0556. The number of H-pyrrole nitrogens is 1. The third-order valence-electron chi connectivity index (χ3n) is 3.83. The highest BCUT2D eigenvalue weighted by molar-refractivity contribution is 6.30. The van der Waals surface area contributed by atoms with Gasteiger partial charge in [-0.2, -0.15) is 23.3 Å². The summed E-state index contributed by atoms with van der Waals surface area (Å²) in [7, 11) is 0. The standard InChI is InChI=1S/C18H10ClF3N4O/c19-13-3-1-2-11(8-13)14-9-15(25-24-14)17-23-16(26-27-17)10-4-6-12(7-5-10)18(20,21)22/h1-9H,(H,24,25). The van der Waals surface area contributed by atoms with E-state index in [1.165, 1.54) is 12.1 Å². The van der Waals surface area contributed by atoms with Gasteiger partial charge in [-0.25, -0.2) is 0 Å². The van der Waals surface area contributed by atoms with E-state index in [4.69, 9.17) is 16.1 Å².